The number of allylic oxidation sites excluding steroid dienone is 1. The van der Waals surface area contributed by atoms with E-state index in [9.17, 15) is 0 Å². The molecule has 1 heteroatoms. The largest absolute Gasteiger partial charge is 0.399 e. The van der Waals surface area contributed by atoms with Crippen LogP contribution >= 0.6 is 0 Å². The van der Waals surface area contributed by atoms with Gasteiger partial charge in [0.2, 0.25) is 0 Å². The maximum absolute atomic E-state index is 5.67. The minimum Gasteiger partial charge on any atom is -0.399 e. The number of hydrogen-bond donors (Lipinski definition) is 1. The number of rotatable bonds is 1. The van der Waals surface area contributed by atoms with E-state index in [0.717, 1.165) is 5.69 Å². The van der Waals surface area contributed by atoms with Crippen molar-refractivity contribution >= 4 is 11.8 Å². The molecule has 0 aromatic heterocycles. The summed E-state index contributed by atoms with van der Waals surface area (Å²) in [6, 6.07) is 5.98. The highest BCUT2D eigenvalue weighted by molar-refractivity contribution is 5.60. The van der Waals surface area contributed by atoms with Gasteiger partial charge in [0, 0.05) is 5.69 Å². The molecule has 0 radical (unpaired) electrons. The van der Waals surface area contributed by atoms with E-state index in [4.69, 9.17) is 5.73 Å². The molecule has 0 saturated carbocycles. The SMILES string of the molecule is CC(C)=Cc1cc(N)ccc1C. The van der Waals surface area contributed by atoms with Crippen LogP contribution in [0.5, 0.6) is 0 Å². The highest BCUT2D eigenvalue weighted by Crippen LogP contribution is 2.15. The molecular weight excluding hydrogens is 146 g/mol. The highest BCUT2D eigenvalue weighted by Gasteiger charge is 1.94. The monoisotopic (exact) mass is 161 g/mol. The number of nitrogen functional groups attached to an aromatic ring is 1. The zero-order chi connectivity index (χ0) is 9.14. The zero-order valence-corrected chi connectivity index (χ0v) is 7.89. The third kappa shape index (κ3) is 2.12. The third-order valence-corrected chi connectivity index (χ3v) is 1.75. The summed E-state index contributed by atoms with van der Waals surface area (Å²) in [5.74, 6) is 0. The molecule has 1 aromatic rings. The van der Waals surface area contributed by atoms with Crippen LogP contribution in [0.25, 0.3) is 6.08 Å². The summed E-state index contributed by atoms with van der Waals surface area (Å²) in [6.07, 6.45) is 2.14. The molecule has 0 saturated heterocycles. The summed E-state index contributed by atoms with van der Waals surface area (Å²) in [6.45, 7) is 6.26. The first kappa shape index (κ1) is 8.85. The highest BCUT2D eigenvalue weighted by atomic mass is 14.5. The van der Waals surface area contributed by atoms with E-state index in [-0.39, 0.29) is 0 Å². The standard InChI is InChI=1S/C11H15N/c1-8(2)6-10-7-11(12)5-4-9(10)3/h4-7H,12H2,1-3H3. The molecule has 0 aliphatic carbocycles. The van der Waals surface area contributed by atoms with Gasteiger partial charge in [-0.2, -0.15) is 0 Å². The minimum absolute atomic E-state index is 0.827. The normalized spacial score (nSPS) is 9.58. The Bertz CT molecular complexity index is 307. The maximum atomic E-state index is 5.67. The van der Waals surface area contributed by atoms with Gasteiger partial charge < -0.3 is 5.73 Å². The van der Waals surface area contributed by atoms with Gasteiger partial charge in [-0.15, -0.1) is 0 Å². The van der Waals surface area contributed by atoms with Gasteiger partial charge in [0.05, 0.1) is 0 Å². The summed E-state index contributed by atoms with van der Waals surface area (Å²) in [5, 5.41) is 0. The van der Waals surface area contributed by atoms with Crippen molar-refractivity contribution in [3.63, 3.8) is 0 Å². The molecule has 12 heavy (non-hydrogen) atoms. The Labute approximate surface area is 73.9 Å². The topological polar surface area (TPSA) is 26.0 Å². The molecular formula is C11H15N. The molecule has 64 valence electrons. The van der Waals surface area contributed by atoms with Crippen LogP contribution in [0, 0.1) is 6.92 Å². The second-order valence-corrected chi connectivity index (χ2v) is 3.34. The van der Waals surface area contributed by atoms with E-state index in [1.165, 1.54) is 16.7 Å². The first-order chi connectivity index (χ1) is 5.59. The smallest absolute Gasteiger partial charge is 0.0320 e. The number of aryl methyl sites for hydroxylation is 1. The lowest BCUT2D eigenvalue weighted by atomic mass is 10.1. The molecule has 0 spiro atoms. The van der Waals surface area contributed by atoms with Gasteiger partial charge in [-0.1, -0.05) is 17.7 Å². The predicted octanol–water partition coefficient (Wildman–Crippen LogP) is 3.00. The van der Waals surface area contributed by atoms with Crippen LogP contribution in [0.4, 0.5) is 5.69 Å². The van der Waals surface area contributed by atoms with Crippen LogP contribution in [0.2, 0.25) is 0 Å². The van der Waals surface area contributed by atoms with Gasteiger partial charge in [-0.05, 0) is 44.0 Å². The lowest BCUT2D eigenvalue weighted by molar-refractivity contribution is 1.39. The van der Waals surface area contributed by atoms with E-state index < -0.39 is 0 Å². The summed E-state index contributed by atoms with van der Waals surface area (Å²) < 4.78 is 0. The molecule has 0 aliphatic rings. The third-order valence-electron chi connectivity index (χ3n) is 1.75. The van der Waals surface area contributed by atoms with Gasteiger partial charge in [0.25, 0.3) is 0 Å². The predicted molar refractivity (Wildman–Crippen MR) is 54.9 cm³/mol. The van der Waals surface area contributed by atoms with Crippen molar-refractivity contribution in [2.75, 3.05) is 5.73 Å². The van der Waals surface area contributed by atoms with Crippen molar-refractivity contribution in [1.82, 2.24) is 0 Å². The molecule has 1 rings (SSSR count). The van der Waals surface area contributed by atoms with Crippen LogP contribution in [-0.2, 0) is 0 Å². The van der Waals surface area contributed by atoms with E-state index >= 15 is 0 Å². The Morgan fingerprint density at radius 2 is 2.00 bits per heavy atom. The molecule has 0 atom stereocenters. The van der Waals surface area contributed by atoms with Crippen LogP contribution in [-0.4, -0.2) is 0 Å². The van der Waals surface area contributed by atoms with Gasteiger partial charge in [-0.3, -0.25) is 0 Å². The number of nitrogens with two attached hydrogens (primary N) is 1. The van der Waals surface area contributed by atoms with Crippen molar-refractivity contribution in [1.29, 1.82) is 0 Å². The Kier molecular flexibility index (Phi) is 2.54. The fourth-order valence-corrected chi connectivity index (χ4v) is 1.13. The first-order valence-electron chi connectivity index (χ1n) is 4.10. The summed E-state index contributed by atoms with van der Waals surface area (Å²) >= 11 is 0. The molecule has 0 fully saturated rings. The van der Waals surface area contributed by atoms with Crippen molar-refractivity contribution in [3.8, 4) is 0 Å². The molecule has 0 bridgehead atoms. The maximum Gasteiger partial charge on any atom is 0.0320 e. The van der Waals surface area contributed by atoms with Gasteiger partial charge in [0.15, 0.2) is 0 Å². The van der Waals surface area contributed by atoms with Crippen LogP contribution in [0.3, 0.4) is 0 Å². The van der Waals surface area contributed by atoms with E-state index in [2.05, 4.69) is 26.8 Å². The van der Waals surface area contributed by atoms with Crippen LogP contribution in [0.1, 0.15) is 25.0 Å². The lowest BCUT2D eigenvalue weighted by Gasteiger charge is -2.02. The summed E-state index contributed by atoms with van der Waals surface area (Å²) in [4.78, 5) is 0. The second-order valence-electron chi connectivity index (χ2n) is 3.34. The second kappa shape index (κ2) is 3.44. The van der Waals surface area contributed by atoms with Crippen LogP contribution in [0.15, 0.2) is 23.8 Å². The lowest BCUT2D eigenvalue weighted by Crippen LogP contribution is -1.87. The molecule has 1 aromatic carbocycles. The number of hydrogen-bond acceptors (Lipinski definition) is 1. The Morgan fingerprint density at radius 1 is 1.33 bits per heavy atom. The summed E-state index contributed by atoms with van der Waals surface area (Å²) in [5.41, 5.74) is 10.3. The molecule has 0 unspecified atom stereocenters. The molecule has 0 heterocycles. The summed E-state index contributed by atoms with van der Waals surface area (Å²) in [7, 11) is 0. The Balaban J connectivity index is 3.14. The van der Waals surface area contributed by atoms with Gasteiger partial charge in [-0.25, -0.2) is 0 Å². The minimum atomic E-state index is 0.827. The van der Waals surface area contributed by atoms with E-state index in [1.807, 2.05) is 18.2 Å². The number of anilines is 1. The van der Waals surface area contributed by atoms with E-state index in [0.29, 0.717) is 0 Å². The van der Waals surface area contributed by atoms with Gasteiger partial charge >= 0.3 is 0 Å². The average molecular weight is 161 g/mol. The fraction of sp³-hybridized carbons (Fsp3) is 0.273. The van der Waals surface area contributed by atoms with E-state index in [1.54, 1.807) is 0 Å². The molecule has 2 N–H and O–H groups in total. The average Bonchev–Trinajstić information content (AvgIpc) is 1.96. The van der Waals surface area contributed by atoms with Gasteiger partial charge in [0.1, 0.15) is 0 Å². The van der Waals surface area contributed by atoms with Crippen molar-refractivity contribution in [2.45, 2.75) is 20.8 Å². The molecule has 1 nitrogen and oxygen atoms in total. The quantitative estimate of drug-likeness (QED) is 0.629. The molecule has 0 aliphatic heterocycles. The van der Waals surface area contributed by atoms with Crippen LogP contribution < -0.4 is 5.73 Å². The van der Waals surface area contributed by atoms with Crippen molar-refractivity contribution < 1.29 is 0 Å². The Hall–Kier alpha value is -1.24. The van der Waals surface area contributed by atoms with Crippen molar-refractivity contribution in [2.24, 2.45) is 0 Å². The first-order valence-corrected chi connectivity index (χ1v) is 4.10. The molecule has 0 amide bonds. The number of benzene rings is 1. The zero-order valence-electron chi connectivity index (χ0n) is 7.89. The van der Waals surface area contributed by atoms with Crippen molar-refractivity contribution in [3.05, 3.63) is 34.9 Å². The fourth-order valence-electron chi connectivity index (χ4n) is 1.13. The Morgan fingerprint density at radius 3 is 2.58 bits per heavy atom.